The number of carbonyl (C=O) groups is 1. The average molecular weight is 371 g/mol. The van der Waals surface area contributed by atoms with E-state index in [9.17, 15) is 9.90 Å². The van der Waals surface area contributed by atoms with Crippen molar-refractivity contribution < 1.29 is 19.4 Å². The summed E-state index contributed by atoms with van der Waals surface area (Å²) in [6.45, 7) is 1.49. The predicted octanol–water partition coefficient (Wildman–Crippen LogP) is 0.655. The summed E-state index contributed by atoms with van der Waals surface area (Å²) in [5.41, 5.74) is 1.56. The lowest BCUT2D eigenvalue weighted by Crippen LogP contribution is -2.39. The molecule has 1 amide bonds. The number of methoxy groups -OCH3 is 1. The van der Waals surface area contributed by atoms with Gasteiger partial charge >= 0.3 is 0 Å². The van der Waals surface area contributed by atoms with Crippen LogP contribution in [0.5, 0.6) is 11.5 Å². The lowest BCUT2D eigenvalue weighted by Gasteiger charge is -2.28. The van der Waals surface area contributed by atoms with E-state index in [1.54, 1.807) is 24.5 Å². The number of fused-ring (bicyclic) bond motifs is 2. The first-order chi connectivity index (χ1) is 13.2. The van der Waals surface area contributed by atoms with Crippen LogP contribution in [0.1, 0.15) is 12.0 Å². The summed E-state index contributed by atoms with van der Waals surface area (Å²) in [4.78, 5) is 22.2. The van der Waals surface area contributed by atoms with Gasteiger partial charge in [-0.15, -0.1) is 0 Å². The quantitative estimate of drug-likeness (QED) is 0.693. The first-order valence-electron chi connectivity index (χ1n) is 8.76. The van der Waals surface area contributed by atoms with Crippen molar-refractivity contribution in [2.75, 3.05) is 20.3 Å². The fraction of sp³-hybridized carbons (Fsp3) is 0.389. The molecule has 0 spiro atoms. The van der Waals surface area contributed by atoms with Crippen molar-refractivity contribution in [1.82, 2.24) is 19.8 Å². The van der Waals surface area contributed by atoms with Gasteiger partial charge in [-0.2, -0.15) is 0 Å². The molecule has 4 rings (SSSR count). The molecule has 142 valence electrons. The van der Waals surface area contributed by atoms with E-state index in [2.05, 4.69) is 15.3 Å². The van der Waals surface area contributed by atoms with Crippen molar-refractivity contribution in [1.29, 1.82) is 0 Å². The predicted molar refractivity (Wildman–Crippen MR) is 97.0 cm³/mol. The number of ether oxygens (including phenoxy) is 2. The molecule has 1 fully saturated rings. The van der Waals surface area contributed by atoms with Crippen LogP contribution in [0.15, 0.2) is 35.8 Å². The van der Waals surface area contributed by atoms with Crippen molar-refractivity contribution in [2.24, 2.45) is 4.99 Å². The molecule has 2 aliphatic rings. The topological polar surface area (TPSA) is 101 Å². The second kappa shape index (κ2) is 7.28. The highest BCUT2D eigenvalue weighted by molar-refractivity contribution is 6.08. The molecule has 1 unspecified atom stereocenters. The number of aliphatic imine (C=N–C) groups is 1. The summed E-state index contributed by atoms with van der Waals surface area (Å²) in [5.74, 6) is 1.45. The highest BCUT2D eigenvalue weighted by Crippen LogP contribution is 2.41. The number of nitrogens with zero attached hydrogens (tertiary/aromatic N) is 4. The van der Waals surface area contributed by atoms with Crippen LogP contribution in [-0.2, 0) is 17.9 Å². The van der Waals surface area contributed by atoms with Gasteiger partial charge in [0.05, 0.1) is 38.9 Å². The van der Waals surface area contributed by atoms with Crippen molar-refractivity contribution in [3.05, 3.63) is 36.4 Å². The second-order valence-electron chi connectivity index (χ2n) is 6.35. The molecule has 2 N–H and O–H groups in total. The molecule has 1 aromatic carbocycles. The number of amides is 1. The summed E-state index contributed by atoms with van der Waals surface area (Å²) in [7, 11) is 1.59. The first kappa shape index (κ1) is 17.3. The number of carbonyl (C=O) groups excluding carboxylic acids is 1. The Kier molecular flexibility index (Phi) is 4.68. The summed E-state index contributed by atoms with van der Waals surface area (Å²) in [5, 5.41) is 12.2. The van der Waals surface area contributed by atoms with Crippen LogP contribution < -0.4 is 14.8 Å². The van der Waals surface area contributed by atoms with Crippen LogP contribution in [0.25, 0.3) is 0 Å². The number of aliphatic hydroxyl groups is 1. The molecule has 1 aromatic heterocycles. The molecule has 9 nitrogen and oxygen atoms in total. The minimum Gasteiger partial charge on any atom is -0.492 e. The van der Waals surface area contributed by atoms with Gasteiger partial charge in [0.2, 0.25) is 5.96 Å². The van der Waals surface area contributed by atoms with Crippen LogP contribution in [0.2, 0.25) is 0 Å². The second-order valence-corrected chi connectivity index (χ2v) is 6.35. The van der Waals surface area contributed by atoms with Gasteiger partial charge in [0.25, 0.3) is 5.91 Å². The largest absolute Gasteiger partial charge is 0.492 e. The van der Waals surface area contributed by atoms with Gasteiger partial charge in [0.1, 0.15) is 6.04 Å². The summed E-state index contributed by atoms with van der Waals surface area (Å²) in [6.07, 6.45) is 6.27. The lowest BCUT2D eigenvalue weighted by molar-refractivity contribution is -0.122. The van der Waals surface area contributed by atoms with Crippen LogP contribution >= 0.6 is 0 Å². The van der Waals surface area contributed by atoms with Crippen LogP contribution in [-0.4, -0.2) is 57.8 Å². The van der Waals surface area contributed by atoms with E-state index in [4.69, 9.17) is 9.47 Å². The Morgan fingerprint density at radius 3 is 3.04 bits per heavy atom. The third-order valence-electron chi connectivity index (χ3n) is 4.69. The third-order valence-corrected chi connectivity index (χ3v) is 4.69. The molecule has 3 heterocycles. The Bertz CT molecular complexity index is 865. The van der Waals surface area contributed by atoms with Crippen LogP contribution in [0.4, 0.5) is 5.69 Å². The zero-order chi connectivity index (χ0) is 18.8. The highest BCUT2D eigenvalue weighted by Gasteiger charge is 2.39. The Hall–Kier alpha value is -3.07. The number of imidazole rings is 1. The number of aliphatic hydroxyl groups excluding tert-OH is 1. The molecule has 9 heteroatoms. The Morgan fingerprint density at radius 1 is 1.41 bits per heavy atom. The molecular weight excluding hydrogens is 350 g/mol. The van der Waals surface area contributed by atoms with E-state index in [0.29, 0.717) is 30.6 Å². The monoisotopic (exact) mass is 371 g/mol. The first-order valence-corrected chi connectivity index (χ1v) is 8.76. The molecule has 0 bridgehead atoms. The zero-order valence-electron chi connectivity index (χ0n) is 15.0. The number of guanidine groups is 1. The van der Waals surface area contributed by atoms with Gasteiger partial charge in [0.15, 0.2) is 11.5 Å². The molecule has 1 saturated heterocycles. The maximum absolute atomic E-state index is 12.0. The maximum Gasteiger partial charge on any atom is 0.251 e. The Balaban J connectivity index is 1.50. The van der Waals surface area contributed by atoms with E-state index < -0.39 is 6.04 Å². The van der Waals surface area contributed by atoms with Gasteiger partial charge < -0.3 is 24.0 Å². The average Bonchev–Trinajstić information content (AvgIpc) is 3.29. The molecule has 1 atom stereocenters. The van der Waals surface area contributed by atoms with Gasteiger partial charge in [0, 0.05) is 24.5 Å². The van der Waals surface area contributed by atoms with Gasteiger partial charge in [-0.25, -0.2) is 9.98 Å². The van der Waals surface area contributed by atoms with Crippen molar-refractivity contribution in [3.8, 4) is 11.5 Å². The zero-order valence-corrected chi connectivity index (χ0v) is 15.0. The van der Waals surface area contributed by atoms with Crippen LogP contribution in [0, 0.1) is 0 Å². The van der Waals surface area contributed by atoms with E-state index >= 15 is 0 Å². The van der Waals surface area contributed by atoms with Gasteiger partial charge in [-0.3, -0.25) is 10.1 Å². The molecule has 0 saturated carbocycles. The van der Waals surface area contributed by atoms with Gasteiger partial charge in [-0.1, -0.05) is 0 Å². The number of hydrogen-bond donors (Lipinski definition) is 2. The smallest absolute Gasteiger partial charge is 0.251 e. The van der Waals surface area contributed by atoms with Crippen molar-refractivity contribution in [2.45, 2.75) is 25.6 Å². The van der Waals surface area contributed by atoms with E-state index in [0.717, 1.165) is 24.2 Å². The molecule has 0 radical (unpaired) electrons. The summed E-state index contributed by atoms with van der Waals surface area (Å²) >= 11 is 0. The number of aryl methyl sites for hydroxylation is 1. The highest BCUT2D eigenvalue weighted by atomic mass is 16.5. The number of benzene rings is 1. The van der Waals surface area contributed by atoms with Crippen LogP contribution in [0.3, 0.4) is 0 Å². The molecular formula is C18H21N5O4. The van der Waals surface area contributed by atoms with E-state index in [1.165, 1.54) is 0 Å². The summed E-state index contributed by atoms with van der Waals surface area (Å²) in [6, 6.07) is 3.04. The van der Waals surface area contributed by atoms with E-state index in [-0.39, 0.29) is 12.5 Å². The minimum atomic E-state index is -0.638. The number of rotatable bonds is 7. The molecule has 2 aromatic rings. The molecule has 0 aliphatic carbocycles. The number of aromatic nitrogens is 2. The van der Waals surface area contributed by atoms with E-state index in [1.807, 2.05) is 22.9 Å². The summed E-state index contributed by atoms with van der Waals surface area (Å²) < 4.78 is 13.5. The maximum atomic E-state index is 12.0. The lowest BCUT2D eigenvalue weighted by atomic mass is 10.1. The standard InChI is InChI=1S/C18H21N5O4/c1-26-16-12-9-23-14(10-24)17(25)21-18(23)20-13(12)3-4-15(16)27-8-2-6-22-7-5-19-11-22/h3-5,7,11,14,24H,2,6,8-10H2,1H3,(H,20,21,25). The van der Waals surface area contributed by atoms with Crippen molar-refractivity contribution >= 4 is 17.6 Å². The normalized spacial score (nSPS) is 17.9. The van der Waals surface area contributed by atoms with Crippen molar-refractivity contribution in [3.63, 3.8) is 0 Å². The van der Waals surface area contributed by atoms with Gasteiger partial charge in [-0.05, 0) is 18.6 Å². The number of nitrogens with one attached hydrogen (secondary N) is 1. The minimum absolute atomic E-state index is 0.251. The molecule has 2 aliphatic heterocycles. The third kappa shape index (κ3) is 3.21. The SMILES string of the molecule is COc1c(OCCCn2ccnc2)ccc2c1CN1C(=N2)NC(=O)C1CO. The fourth-order valence-corrected chi connectivity index (χ4v) is 3.34. The fourth-order valence-electron chi connectivity index (χ4n) is 3.34. The molecule has 27 heavy (non-hydrogen) atoms. The number of hydrogen-bond acceptors (Lipinski definition) is 7. The Morgan fingerprint density at radius 2 is 2.30 bits per heavy atom. The Labute approximate surface area is 156 Å².